The summed E-state index contributed by atoms with van der Waals surface area (Å²) in [6.07, 6.45) is 1.96. The van der Waals surface area contributed by atoms with Crippen molar-refractivity contribution in [2.45, 2.75) is 52.5 Å². The molecular formula is C13H26N2O3. The highest BCUT2D eigenvalue weighted by Gasteiger charge is 2.16. The van der Waals surface area contributed by atoms with E-state index in [0.717, 1.165) is 12.8 Å². The fourth-order valence-corrected chi connectivity index (χ4v) is 1.87. The Balaban J connectivity index is 4.08. The van der Waals surface area contributed by atoms with Gasteiger partial charge in [0.2, 0.25) is 5.91 Å². The van der Waals surface area contributed by atoms with E-state index in [4.69, 9.17) is 10.8 Å². The molecule has 106 valence electrons. The molecule has 1 unspecified atom stereocenters. The third kappa shape index (κ3) is 8.98. The highest BCUT2D eigenvalue weighted by atomic mass is 16.4. The fraction of sp³-hybridized carbons (Fsp3) is 0.846. The van der Waals surface area contributed by atoms with Crippen LogP contribution in [-0.2, 0) is 9.59 Å². The van der Waals surface area contributed by atoms with Crippen LogP contribution in [-0.4, -0.2) is 29.6 Å². The van der Waals surface area contributed by atoms with Crippen molar-refractivity contribution in [3.05, 3.63) is 0 Å². The summed E-state index contributed by atoms with van der Waals surface area (Å²) < 4.78 is 0. The Labute approximate surface area is 109 Å². The van der Waals surface area contributed by atoms with Crippen LogP contribution in [0.4, 0.5) is 0 Å². The van der Waals surface area contributed by atoms with Gasteiger partial charge in [-0.2, -0.15) is 0 Å². The number of carboxylic acids is 1. The van der Waals surface area contributed by atoms with Gasteiger partial charge in [-0.15, -0.1) is 0 Å². The average Bonchev–Trinajstić information content (AvgIpc) is 2.24. The molecule has 0 fully saturated rings. The van der Waals surface area contributed by atoms with Crippen molar-refractivity contribution >= 4 is 11.9 Å². The Morgan fingerprint density at radius 2 is 1.89 bits per heavy atom. The third-order valence-electron chi connectivity index (χ3n) is 2.83. The number of aliphatic carboxylic acids is 1. The Morgan fingerprint density at radius 1 is 1.28 bits per heavy atom. The number of rotatable bonds is 9. The van der Waals surface area contributed by atoms with Crippen molar-refractivity contribution in [3.8, 4) is 0 Å². The predicted octanol–water partition coefficient (Wildman–Crippen LogP) is 1.37. The molecular weight excluding hydrogens is 232 g/mol. The van der Waals surface area contributed by atoms with Crippen molar-refractivity contribution in [2.24, 2.45) is 17.6 Å². The topological polar surface area (TPSA) is 92.4 Å². The Morgan fingerprint density at radius 3 is 2.33 bits per heavy atom. The second-order valence-electron chi connectivity index (χ2n) is 5.27. The van der Waals surface area contributed by atoms with E-state index in [2.05, 4.69) is 5.32 Å². The van der Waals surface area contributed by atoms with Crippen LogP contribution in [0, 0.1) is 11.8 Å². The van der Waals surface area contributed by atoms with Crippen molar-refractivity contribution in [3.63, 3.8) is 0 Å². The second kappa shape index (κ2) is 8.91. The predicted molar refractivity (Wildman–Crippen MR) is 71.1 cm³/mol. The molecule has 0 rings (SSSR count). The van der Waals surface area contributed by atoms with E-state index in [1.54, 1.807) is 0 Å². The normalized spacial score (nSPS) is 14.3. The summed E-state index contributed by atoms with van der Waals surface area (Å²) in [4.78, 5) is 22.3. The molecule has 5 nitrogen and oxygen atoms in total. The van der Waals surface area contributed by atoms with Gasteiger partial charge in [-0.3, -0.25) is 9.59 Å². The maximum atomic E-state index is 11.5. The zero-order chi connectivity index (χ0) is 14.1. The van der Waals surface area contributed by atoms with Crippen LogP contribution < -0.4 is 11.1 Å². The van der Waals surface area contributed by atoms with E-state index in [1.165, 1.54) is 0 Å². The number of carbonyl (C=O) groups is 2. The maximum Gasteiger partial charge on any atom is 0.303 e. The summed E-state index contributed by atoms with van der Waals surface area (Å²) in [7, 11) is 0. The van der Waals surface area contributed by atoms with Crippen molar-refractivity contribution in [2.75, 3.05) is 6.54 Å². The van der Waals surface area contributed by atoms with Crippen LogP contribution in [0.15, 0.2) is 0 Å². The van der Waals surface area contributed by atoms with Crippen LogP contribution in [0.5, 0.6) is 0 Å². The number of nitrogens with one attached hydrogen (secondary N) is 1. The number of carboxylic acid groups (broad SMARTS) is 1. The number of amides is 1. The van der Waals surface area contributed by atoms with Gasteiger partial charge in [0.25, 0.3) is 0 Å². The van der Waals surface area contributed by atoms with E-state index >= 15 is 0 Å². The van der Waals surface area contributed by atoms with Gasteiger partial charge in [-0.1, -0.05) is 20.8 Å². The molecule has 0 aliphatic carbocycles. The van der Waals surface area contributed by atoms with Gasteiger partial charge in [0.1, 0.15) is 0 Å². The number of carbonyl (C=O) groups excluding carboxylic acids is 1. The summed E-state index contributed by atoms with van der Waals surface area (Å²) in [5.74, 6) is -0.503. The molecule has 0 heterocycles. The molecule has 0 aromatic rings. The molecule has 0 aliphatic heterocycles. The average molecular weight is 258 g/mol. The van der Waals surface area contributed by atoms with Crippen LogP contribution in [0.1, 0.15) is 46.5 Å². The van der Waals surface area contributed by atoms with Crippen LogP contribution >= 0.6 is 0 Å². The first-order chi connectivity index (χ1) is 8.35. The van der Waals surface area contributed by atoms with Crippen LogP contribution in [0.25, 0.3) is 0 Å². The molecule has 0 aromatic carbocycles. The van der Waals surface area contributed by atoms with Crippen LogP contribution in [0.3, 0.4) is 0 Å². The molecule has 2 atom stereocenters. The van der Waals surface area contributed by atoms with Crippen molar-refractivity contribution in [1.29, 1.82) is 0 Å². The number of hydrogen-bond acceptors (Lipinski definition) is 3. The first kappa shape index (κ1) is 16.9. The smallest absolute Gasteiger partial charge is 0.303 e. The minimum atomic E-state index is -0.819. The summed E-state index contributed by atoms with van der Waals surface area (Å²) >= 11 is 0. The minimum absolute atomic E-state index is 0.00991. The van der Waals surface area contributed by atoms with E-state index in [9.17, 15) is 9.59 Å². The molecule has 5 heteroatoms. The van der Waals surface area contributed by atoms with E-state index in [-0.39, 0.29) is 24.3 Å². The molecule has 0 spiro atoms. The molecule has 0 bridgehead atoms. The monoisotopic (exact) mass is 258 g/mol. The van der Waals surface area contributed by atoms with Gasteiger partial charge in [0, 0.05) is 25.4 Å². The molecule has 1 amide bonds. The van der Waals surface area contributed by atoms with Gasteiger partial charge in [0.05, 0.1) is 0 Å². The highest BCUT2D eigenvalue weighted by molar-refractivity contribution is 5.76. The number of hydrogen-bond donors (Lipinski definition) is 3. The summed E-state index contributed by atoms with van der Waals surface area (Å²) in [6, 6.07) is -0.118. The molecule has 0 aliphatic rings. The van der Waals surface area contributed by atoms with E-state index in [0.29, 0.717) is 18.9 Å². The lowest BCUT2D eigenvalue weighted by atomic mass is 9.94. The Hall–Kier alpha value is -1.10. The summed E-state index contributed by atoms with van der Waals surface area (Å²) in [5.41, 5.74) is 5.69. The lowest BCUT2D eigenvalue weighted by molar-refractivity contribution is -0.138. The highest BCUT2D eigenvalue weighted by Crippen LogP contribution is 2.14. The zero-order valence-electron chi connectivity index (χ0n) is 11.6. The van der Waals surface area contributed by atoms with Gasteiger partial charge in [-0.25, -0.2) is 0 Å². The number of nitrogens with two attached hydrogens (primary N) is 1. The van der Waals surface area contributed by atoms with Gasteiger partial charge in [-0.05, 0) is 24.7 Å². The fourth-order valence-electron chi connectivity index (χ4n) is 1.87. The Kier molecular flexibility index (Phi) is 8.37. The van der Waals surface area contributed by atoms with E-state index < -0.39 is 5.97 Å². The molecule has 18 heavy (non-hydrogen) atoms. The SMILES string of the molecule is CCC(N)CC(=O)NC[C@H](CC(=O)O)CC(C)C. The second-order valence-corrected chi connectivity index (χ2v) is 5.27. The molecule has 0 saturated carbocycles. The van der Waals surface area contributed by atoms with E-state index in [1.807, 2.05) is 20.8 Å². The maximum absolute atomic E-state index is 11.5. The van der Waals surface area contributed by atoms with Crippen molar-refractivity contribution in [1.82, 2.24) is 5.32 Å². The first-order valence-electron chi connectivity index (χ1n) is 6.59. The van der Waals surface area contributed by atoms with Crippen LogP contribution in [0.2, 0.25) is 0 Å². The zero-order valence-corrected chi connectivity index (χ0v) is 11.6. The third-order valence-corrected chi connectivity index (χ3v) is 2.83. The summed E-state index contributed by atoms with van der Waals surface area (Å²) in [6.45, 7) is 6.44. The van der Waals surface area contributed by atoms with Gasteiger partial charge < -0.3 is 16.2 Å². The Bertz CT molecular complexity index is 267. The minimum Gasteiger partial charge on any atom is -0.481 e. The first-order valence-corrected chi connectivity index (χ1v) is 6.59. The molecule has 0 saturated heterocycles. The van der Waals surface area contributed by atoms with Gasteiger partial charge in [0.15, 0.2) is 0 Å². The van der Waals surface area contributed by atoms with Crippen molar-refractivity contribution < 1.29 is 14.7 Å². The molecule has 4 N–H and O–H groups in total. The lowest BCUT2D eigenvalue weighted by Crippen LogP contribution is -2.35. The quantitative estimate of drug-likeness (QED) is 0.582. The molecule has 0 aromatic heterocycles. The largest absolute Gasteiger partial charge is 0.481 e. The summed E-state index contributed by atoms with van der Waals surface area (Å²) in [5, 5.41) is 11.6. The molecule has 0 radical (unpaired) electrons. The van der Waals surface area contributed by atoms with Gasteiger partial charge >= 0.3 is 5.97 Å². The lowest BCUT2D eigenvalue weighted by Gasteiger charge is -2.18. The standard InChI is InChI=1S/C13H26N2O3/c1-4-11(14)7-12(16)15-8-10(5-9(2)3)6-13(17)18/h9-11H,4-8,14H2,1-3H3,(H,15,16)(H,17,18)/t10-,11?/m0/s1.